The second-order valence-corrected chi connectivity index (χ2v) is 9.13. The van der Waals surface area contributed by atoms with Crippen LogP contribution in [-0.4, -0.2) is 62.3 Å². The molecule has 1 saturated heterocycles. The van der Waals surface area contributed by atoms with Gasteiger partial charge in [0.1, 0.15) is 0 Å². The first-order valence-electron chi connectivity index (χ1n) is 8.33. The van der Waals surface area contributed by atoms with E-state index in [1.165, 1.54) is 15.6 Å². The molecule has 1 aliphatic heterocycles. The molecule has 9 heteroatoms. The summed E-state index contributed by atoms with van der Waals surface area (Å²) in [5.74, 6) is 0.0734. The molecule has 0 aliphatic carbocycles. The van der Waals surface area contributed by atoms with E-state index in [1.807, 2.05) is 0 Å². The summed E-state index contributed by atoms with van der Waals surface area (Å²) in [5.41, 5.74) is 6.40. The summed E-state index contributed by atoms with van der Waals surface area (Å²) < 4.78 is 33.0. The zero-order valence-corrected chi connectivity index (χ0v) is 15.6. The lowest BCUT2D eigenvalue weighted by atomic mass is 10.1. The van der Waals surface area contributed by atoms with E-state index in [4.69, 9.17) is 10.5 Å². The molecule has 3 N–H and O–H groups in total. The molecule has 1 aromatic carbocycles. The van der Waals surface area contributed by atoms with E-state index in [0.29, 0.717) is 37.7 Å². The zero-order chi connectivity index (χ0) is 17.9. The molecule has 7 nitrogen and oxygen atoms in total. The first kappa shape index (κ1) is 18.7. The zero-order valence-electron chi connectivity index (χ0n) is 13.9. The van der Waals surface area contributed by atoms with Gasteiger partial charge < -0.3 is 15.6 Å². The Balaban J connectivity index is 1.80. The van der Waals surface area contributed by atoms with Crippen molar-refractivity contribution in [1.82, 2.24) is 9.29 Å². The van der Waals surface area contributed by atoms with Gasteiger partial charge in [0, 0.05) is 19.7 Å². The highest BCUT2D eigenvalue weighted by molar-refractivity contribution is 7.89. The van der Waals surface area contributed by atoms with Crippen molar-refractivity contribution in [3.8, 4) is 0 Å². The Hall–Kier alpha value is -1.10. The maximum absolute atomic E-state index is 12.7. The predicted molar refractivity (Wildman–Crippen MR) is 97.1 cm³/mol. The van der Waals surface area contributed by atoms with Crippen LogP contribution in [0.15, 0.2) is 23.1 Å². The molecule has 3 rings (SSSR count). The molecule has 1 unspecified atom stereocenters. The summed E-state index contributed by atoms with van der Waals surface area (Å²) in [6.45, 7) is 2.15. The number of nitrogens with two attached hydrogens (primary N) is 1. The number of ether oxygens (including phenoxy) is 1. The molecule has 0 saturated carbocycles. The molecule has 25 heavy (non-hydrogen) atoms. The number of sulfonamides is 1. The second kappa shape index (κ2) is 8.07. The molecule has 1 fully saturated rings. The Morgan fingerprint density at radius 2 is 2.12 bits per heavy atom. The second-order valence-electron chi connectivity index (χ2n) is 6.08. The lowest BCUT2D eigenvalue weighted by Crippen LogP contribution is -2.40. The Bertz CT molecular complexity index is 812. The molecule has 2 aromatic rings. The average Bonchev–Trinajstić information content (AvgIpc) is 3.05. The number of hydrogen-bond donors (Lipinski definition) is 2. The predicted octanol–water partition coefficient (Wildman–Crippen LogP) is 0.817. The minimum Gasteiger partial charge on any atom is -0.396 e. The number of benzene rings is 1. The summed E-state index contributed by atoms with van der Waals surface area (Å²) in [6.07, 6.45) is 1.50. The minimum absolute atomic E-state index is 0.0728. The van der Waals surface area contributed by atoms with Gasteiger partial charge in [-0.25, -0.2) is 13.4 Å². The Morgan fingerprint density at radius 1 is 1.36 bits per heavy atom. The van der Waals surface area contributed by atoms with Gasteiger partial charge in [-0.2, -0.15) is 4.31 Å². The van der Waals surface area contributed by atoms with E-state index in [-0.39, 0.29) is 12.5 Å². The van der Waals surface area contributed by atoms with E-state index in [2.05, 4.69) is 4.98 Å². The number of rotatable bonds is 7. The van der Waals surface area contributed by atoms with Gasteiger partial charge in [0.2, 0.25) is 10.0 Å². The molecule has 0 bridgehead atoms. The quantitative estimate of drug-likeness (QED) is 0.731. The van der Waals surface area contributed by atoms with E-state index >= 15 is 0 Å². The van der Waals surface area contributed by atoms with Crippen LogP contribution in [0.5, 0.6) is 0 Å². The Kier molecular flexibility index (Phi) is 6.03. The number of aromatic nitrogens is 1. The monoisotopic (exact) mass is 385 g/mol. The summed E-state index contributed by atoms with van der Waals surface area (Å²) in [5, 5.41) is 10.1. The molecule has 2 heterocycles. The molecule has 1 atom stereocenters. The van der Waals surface area contributed by atoms with Gasteiger partial charge in [-0.15, -0.1) is 11.3 Å². The lowest BCUT2D eigenvalue weighted by molar-refractivity contribution is 0.0730. The van der Waals surface area contributed by atoms with Crippen LogP contribution in [-0.2, 0) is 21.2 Å². The summed E-state index contributed by atoms with van der Waals surface area (Å²) >= 11 is 1.50. The first-order valence-corrected chi connectivity index (χ1v) is 10.6. The number of thiazole rings is 1. The summed E-state index contributed by atoms with van der Waals surface area (Å²) in [4.78, 5) is 4.86. The van der Waals surface area contributed by atoms with Crippen molar-refractivity contribution in [2.24, 2.45) is 11.7 Å². The van der Waals surface area contributed by atoms with Crippen molar-refractivity contribution in [2.45, 2.75) is 17.7 Å². The average molecular weight is 386 g/mol. The van der Waals surface area contributed by atoms with Crippen molar-refractivity contribution < 1.29 is 18.3 Å². The van der Waals surface area contributed by atoms with Gasteiger partial charge >= 0.3 is 0 Å². The Morgan fingerprint density at radius 3 is 2.80 bits per heavy atom. The SMILES string of the molecule is NCC(CO)CCc1nc2ccc(S(=O)(=O)N3CCOCC3)cc2s1. The number of nitrogens with zero attached hydrogens (tertiary/aromatic N) is 2. The van der Waals surface area contributed by atoms with Crippen LogP contribution >= 0.6 is 11.3 Å². The maximum atomic E-state index is 12.7. The Labute approximate surface area is 151 Å². The number of morpholine rings is 1. The van der Waals surface area contributed by atoms with E-state index in [1.54, 1.807) is 18.2 Å². The largest absolute Gasteiger partial charge is 0.396 e. The smallest absolute Gasteiger partial charge is 0.243 e. The van der Waals surface area contributed by atoms with Crippen LogP contribution in [0.4, 0.5) is 0 Å². The van der Waals surface area contributed by atoms with E-state index < -0.39 is 10.0 Å². The highest BCUT2D eigenvalue weighted by atomic mass is 32.2. The summed E-state index contributed by atoms with van der Waals surface area (Å²) in [7, 11) is -3.50. The van der Waals surface area contributed by atoms with Crippen molar-refractivity contribution >= 4 is 31.6 Å². The third-order valence-electron chi connectivity index (χ3n) is 4.37. The van der Waals surface area contributed by atoms with Crippen LogP contribution in [0.2, 0.25) is 0 Å². The van der Waals surface area contributed by atoms with Crippen LogP contribution in [0.1, 0.15) is 11.4 Å². The van der Waals surface area contributed by atoms with Crippen molar-refractivity contribution in [2.75, 3.05) is 39.5 Å². The number of fused-ring (bicyclic) bond motifs is 1. The lowest BCUT2D eigenvalue weighted by Gasteiger charge is -2.25. The number of hydrogen-bond acceptors (Lipinski definition) is 7. The van der Waals surface area contributed by atoms with Gasteiger partial charge in [0.05, 0.1) is 33.3 Å². The molecule has 0 radical (unpaired) electrons. The van der Waals surface area contributed by atoms with Crippen molar-refractivity contribution in [3.63, 3.8) is 0 Å². The maximum Gasteiger partial charge on any atom is 0.243 e. The molecule has 138 valence electrons. The highest BCUT2D eigenvalue weighted by Gasteiger charge is 2.26. The first-order chi connectivity index (χ1) is 12.0. The number of aryl methyl sites for hydroxylation is 1. The molecule has 0 amide bonds. The van der Waals surface area contributed by atoms with E-state index in [9.17, 15) is 13.5 Å². The molecule has 1 aliphatic rings. The topological polar surface area (TPSA) is 106 Å². The molecule has 1 aromatic heterocycles. The highest BCUT2D eigenvalue weighted by Crippen LogP contribution is 2.28. The molecular weight excluding hydrogens is 362 g/mol. The fourth-order valence-electron chi connectivity index (χ4n) is 2.77. The van der Waals surface area contributed by atoms with Gasteiger partial charge in [0.15, 0.2) is 0 Å². The van der Waals surface area contributed by atoms with Gasteiger partial charge in [-0.3, -0.25) is 0 Å². The number of aliphatic hydroxyl groups is 1. The number of aliphatic hydroxyl groups excluding tert-OH is 1. The summed E-state index contributed by atoms with van der Waals surface area (Å²) in [6, 6.07) is 5.08. The third kappa shape index (κ3) is 4.18. The van der Waals surface area contributed by atoms with Crippen molar-refractivity contribution in [3.05, 3.63) is 23.2 Å². The van der Waals surface area contributed by atoms with Gasteiger partial charge in [0.25, 0.3) is 0 Å². The molecular formula is C16H23N3O4S2. The standard InChI is InChI=1S/C16H23N3O4S2/c17-10-12(11-20)1-4-16-18-14-3-2-13(9-15(14)24-16)25(21,22)19-5-7-23-8-6-19/h2-3,9,12,20H,1,4-8,10-11,17H2. The fourth-order valence-corrected chi connectivity index (χ4v) is 5.30. The van der Waals surface area contributed by atoms with Gasteiger partial charge in [-0.05, 0) is 43.5 Å². The van der Waals surface area contributed by atoms with Crippen LogP contribution in [0.25, 0.3) is 10.2 Å². The normalized spacial score (nSPS) is 17.8. The third-order valence-corrected chi connectivity index (χ3v) is 7.34. The van der Waals surface area contributed by atoms with Crippen LogP contribution in [0, 0.1) is 5.92 Å². The van der Waals surface area contributed by atoms with E-state index in [0.717, 1.165) is 28.1 Å². The van der Waals surface area contributed by atoms with Crippen LogP contribution in [0.3, 0.4) is 0 Å². The van der Waals surface area contributed by atoms with Gasteiger partial charge in [-0.1, -0.05) is 0 Å². The fraction of sp³-hybridized carbons (Fsp3) is 0.562. The minimum atomic E-state index is -3.50. The van der Waals surface area contributed by atoms with Crippen LogP contribution < -0.4 is 5.73 Å². The molecule has 0 spiro atoms. The van der Waals surface area contributed by atoms with Crippen molar-refractivity contribution in [1.29, 1.82) is 0 Å².